The number of piperazine rings is 1. The van der Waals surface area contributed by atoms with Crippen molar-refractivity contribution in [2.24, 2.45) is 0 Å². The third kappa shape index (κ3) is 5.15. The Morgan fingerprint density at radius 3 is 2.38 bits per heavy atom. The van der Waals surface area contributed by atoms with Gasteiger partial charge in [0.25, 0.3) is 5.91 Å². The quantitative estimate of drug-likeness (QED) is 0.602. The highest BCUT2D eigenvalue weighted by Crippen LogP contribution is 2.27. The van der Waals surface area contributed by atoms with Crippen LogP contribution in [0.5, 0.6) is 5.75 Å². The van der Waals surface area contributed by atoms with Crippen LogP contribution in [0.15, 0.2) is 40.6 Å². The molecule has 0 spiro atoms. The number of hydrogen-bond donors (Lipinski definition) is 0. The molecule has 1 aromatic heterocycles. The molecule has 174 valence electrons. The summed E-state index contributed by atoms with van der Waals surface area (Å²) in [6.07, 6.45) is 0.935. The number of sulfonamides is 1. The first kappa shape index (κ1) is 23.2. The summed E-state index contributed by atoms with van der Waals surface area (Å²) in [6.45, 7) is 5.06. The van der Waals surface area contributed by atoms with E-state index in [2.05, 4.69) is 17.0 Å². The van der Waals surface area contributed by atoms with E-state index in [0.717, 1.165) is 31.8 Å². The fourth-order valence-corrected chi connectivity index (χ4v) is 6.75. The van der Waals surface area contributed by atoms with Crippen molar-refractivity contribution in [1.82, 2.24) is 14.1 Å². The van der Waals surface area contributed by atoms with Crippen LogP contribution in [0.25, 0.3) is 0 Å². The van der Waals surface area contributed by atoms with Crippen LogP contribution in [0.4, 0.5) is 0 Å². The Hall–Kier alpha value is -1.98. The zero-order valence-electron chi connectivity index (χ0n) is 18.2. The fourth-order valence-electron chi connectivity index (χ4n) is 3.98. The molecule has 1 amide bonds. The maximum absolute atomic E-state index is 13.2. The molecule has 1 aromatic carbocycles. The second kappa shape index (κ2) is 10.3. The van der Waals surface area contributed by atoms with Crippen LogP contribution in [-0.4, -0.2) is 94.6 Å². The lowest BCUT2D eigenvalue weighted by Crippen LogP contribution is -2.49. The Labute approximate surface area is 193 Å². The fraction of sp³-hybridized carbons (Fsp3) is 0.500. The van der Waals surface area contributed by atoms with Gasteiger partial charge in [-0.1, -0.05) is 12.1 Å². The average molecular weight is 480 g/mol. The largest absolute Gasteiger partial charge is 0.497 e. The molecule has 10 heteroatoms. The smallest absolute Gasteiger partial charge is 0.265 e. The summed E-state index contributed by atoms with van der Waals surface area (Å²) in [5, 5.41) is 1.69. The van der Waals surface area contributed by atoms with Gasteiger partial charge in [-0.05, 0) is 35.6 Å². The standard InChI is InChI=1S/C22H29N3O5S2/c1-29-19-4-2-18(3-5-19)6-8-23-9-11-24(12-10-23)22(26)21-20(7-17-31-21)32(27,28)25-13-15-30-16-14-25/h2-5,7,17H,6,8-16H2,1H3. The van der Waals surface area contributed by atoms with Gasteiger partial charge in [0.15, 0.2) is 0 Å². The Morgan fingerprint density at radius 2 is 1.72 bits per heavy atom. The summed E-state index contributed by atoms with van der Waals surface area (Å²) in [5.74, 6) is 0.658. The Morgan fingerprint density at radius 1 is 1.03 bits per heavy atom. The van der Waals surface area contributed by atoms with E-state index in [0.29, 0.717) is 44.3 Å². The summed E-state index contributed by atoms with van der Waals surface area (Å²) in [4.78, 5) is 17.7. The van der Waals surface area contributed by atoms with Crippen molar-refractivity contribution in [3.8, 4) is 5.75 Å². The molecule has 3 heterocycles. The minimum Gasteiger partial charge on any atom is -0.497 e. The highest BCUT2D eigenvalue weighted by Gasteiger charge is 2.33. The van der Waals surface area contributed by atoms with E-state index in [1.807, 2.05) is 12.1 Å². The van der Waals surface area contributed by atoms with Crippen LogP contribution in [0.1, 0.15) is 15.2 Å². The number of morpholine rings is 1. The molecule has 0 atom stereocenters. The topological polar surface area (TPSA) is 79.4 Å². The van der Waals surface area contributed by atoms with Crippen LogP contribution in [0, 0.1) is 0 Å². The summed E-state index contributed by atoms with van der Waals surface area (Å²) in [5.41, 5.74) is 1.25. The minimum absolute atomic E-state index is 0.122. The number of benzene rings is 1. The molecule has 0 saturated carbocycles. The Kier molecular flexibility index (Phi) is 7.47. The first-order valence-electron chi connectivity index (χ1n) is 10.8. The third-order valence-electron chi connectivity index (χ3n) is 5.95. The van der Waals surface area contributed by atoms with E-state index >= 15 is 0 Å². The molecular weight excluding hydrogens is 450 g/mol. The van der Waals surface area contributed by atoms with Crippen LogP contribution in [-0.2, 0) is 21.2 Å². The van der Waals surface area contributed by atoms with Gasteiger partial charge in [-0.15, -0.1) is 11.3 Å². The van der Waals surface area contributed by atoms with Crippen LogP contribution >= 0.6 is 11.3 Å². The molecule has 0 aliphatic carbocycles. The molecule has 2 fully saturated rings. The van der Waals surface area contributed by atoms with E-state index in [1.165, 1.54) is 21.2 Å². The van der Waals surface area contributed by atoms with E-state index in [4.69, 9.17) is 9.47 Å². The van der Waals surface area contributed by atoms with Gasteiger partial charge in [0.05, 0.1) is 20.3 Å². The summed E-state index contributed by atoms with van der Waals surface area (Å²) in [7, 11) is -2.03. The average Bonchev–Trinajstić information content (AvgIpc) is 3.34. The molecule has 4 rings (SSSR count). The first-order chi connectivity index (χ1) is 15.5. The number of thiophene rings is 1. The Balaban J connectivity index is 1.33. The van der Waals surface area contributed by atoms with E-state index < -0.39 is 10.0 Å². The van der Waals surface area contributed by atoms with Crippen molar-refractivity contribution in [3.05, 3.63) is 46.2 Å². The number of amides is 1. The molecule has 0 radical (unpaired) electrons. The van der Waals surface area contributed by atoms with Gasteiger partial charge in [0.1, 0.15) is 15.5 Å². The SMILES string of the molecule is COc1ccc(CCN2CCN(C(=O)c3sccc3S(=O)(=O)N3CCOCC3)CC2)cc1. The van der Waals surface area contributed by atoms with Crippen LogP contribution in [0.3, 0.4) is 0 Å². The van der Waals surface area contributed by atoms with Crippen molar-refractivity contribution in [2.75, 3.05) is 66.1 Å². The highest BCUT2D eigenvalue weighted by molar-refractivity contribution is 7.89. The predicted molar refractivity (Wildman–Crippen MR) is 123 cm³/mol. The molecule has 32 heavy (non-hydrogen) atoms. The number of nitrogens with zero attached hydrogens (tertiary/aromatic N) is 3. The number of rotatable bonds is 7. The van der Waals surface area contributed by atoms with Gasteiger partial charge in [0.2, 0.25) is 10.0 Å². The first-order valence-corrected chi connectivity index (χ1v) is 13.1. The molecule has 2 aliphatic rings. The van der Waals surface area contributed by atoms with Crippen molar-refractivity contribution < 1.29 is 22.7 Å². The number of ether oxygens (including phenoxy) is 2. The van der Waals surface area contributed by atoms with Crippen LogP contribution < -0.4 is 4.74 Å². The second-order valence-electron chi connectivity index (χ2n) is 7.86. The normalized spacial score (nSPS) is 18.6. The van der Waals surface area contributed by atoms with Crippen molar-refractivity contribution in [3.63, 3.8) is 0 Å². The van der Waals surface area contributed by atoms with E-state index in [-0.39, 0.29) is 10.8 Å². The van der Waals surface area contributed by atoms with Gasteiger partial charge in [0, 0.05) is 45.8 Å². The maximum Gasteiger partial charge on any atom is 0.265 e. The number of methoxy groups -OCH3 is 1. The second-order valence-corrected chi connectivity index (χ2v) is 10.7. The van der Waals surface area contributed by atoms with Crippen molar-refractivity contribution in [2.45, 2.75) is 11.3 Å². The highest BCUT2D eigenvalue weighted by atomic mass is 32.2. The van der Waals surface area contributed by atoms with E-state index in [9.17, 15) is 13.2 Å². The molecule has 2 aliphatic heterocycles. The minimum atomic E-state index is -3.69. The Bertz CT molecular complexity index is 1010. The van der Waals surface area contributed by atoms with Gasteiger partial charge in [-0.2, -0.15) is 4.31 Å². The number of carbonyl (C=O) groups is 1. The van der Waals surface area contributed by atoms with Crippen molar-refractivity contribution in [1.29, 1.82) is 0 Å². The number of carbonyl (C=O) groups excluding carboxylic acids is 1. The lowest BCUT2D eigenvalue weighted by atomic mass is 10.1. The number of hydrogen-bond acceptors (Lipinski definition) is 7. The summed E-state index contributed by atoms with van der Waals surface area (Å²) >= 11 is 1.20. The van der Waals surface area contributed by atoms with Gasteiger partial charge >= 0.3 is 0 Å². The molecule has 2 saturated heterocycles. The monoisotopic (exact) mass is 479 g/mol. The van der Waals surface area contributed by atoms with Gasteiger partial charge in [-0.25, -0.2) is 8.42 Å². The lowest BCUT2D eigenvalue weighted by Gasteiger charge is -2.35. The molecular formula is C22H29N3O5S2. The summed E-state index contributed by atoms with van der Waals surface area (Å²) < 4.78 is 38.0. The third-order valence-corrected chi connectivity index (χ3v) is 8.92. The molecule has 0 unspecified atom stereocenters. The summed E-state index contributed by atoms with van der Waals surface area (Å²) in [6, 6.07) is 9.64. The van der Waals surface area contributed by atoms with E-state index in [1.54, 1.807) is 23.5 Å². The van der Waals surface area contributed by atoms with Gasteiger partial charge in [-0.3, -0.25) is 9.69 Å². The molecule has 0 N–H and O–H groups in total. The van der Waals surface area contributed by atoms with Crippen molar-refractivity contribution >= 4 is 27.3 Å². The zero-order valence-corrected chi connectivity index (χ0v) is 19.9. The maximum atomic E-state index is 13.2. The molecule has 8 nitrogen and oxygen atoms in total. The zero-order chi connectivity index (χ0) is 22.6. The lowest BCUT2D eigenvalue weighted by molar-refractivity contribution is 0.0638. The molecule has 0 bridgehead atoms. The molecule has 2 aromatic rings. The predicted octanol–water partition coefficient (Wildman–Crippen LogP) is 1.78. The van der Waals surface area contributed by atoms with Gasteiger partial charge < -0.3 is 14.4 Å². The van der Waals surface area contributed by atoms with Crippen LogP contribution in [0.2, 0.25) is 0 Å².